The largest absolute Gasteiger partial charge is 0.295 e. The highest BCUT2D eigenvalue weighted by atomic mass is 28.2. The van der Waals surface area contributed by atoms with Gasteiger partial charge in [0.05, 0.1) is 13.7 Å². The Labute approximate surface area is 62.1 Å². The lowest BCUT2D eigenvalue weighted by atomic mass is 10.5. The topological polar surface area (TPSA) is 47.9 Å². The minimum atomic E-state index is -0.529. The smallest absolute Gasteiger partial charge is 0.234 e. The first-order chi connectivity index (χ1) is 4.91. The van der Waals surface area contributed by atoms with Gasteiger partial charge in [-0.2, -0.15) is 0 Å². The predicted molar refractivity (Wildman–Crippen MR) is 39.1 cm³/mol. The first kappa shape index (κ1) is 9.52. The minimum Gasteiger partial charge on any atom is -0.295 e. The number of hydrogen-bond donors (Lipinski definition) is 0. The fraction of sp³-hybridized carbons (Fsp3) is 0.800. The molecule has 0 aliphatic heterocycles. The van der Waals surface area contributed by atoms with Gasteiger partial charge < -0.3 is 0 Å². The van der Waals surface area contributed by atoms with Gasteiger partial charge in [-0.05, 0) is 12.5 Å². The molecule has 0 aromatic heterocycles. The molecule has 0 atom stereocenters. The minimum absolute atomic E-state index is 0.529. The van der Waals surface area contributed by atoms with Gasteiger partial charge in [0.1, 0.15) is 0 Å². The van der Waals surface area contributed by atoms with E-state index in [1.807, 2.05) is 0 Å². The molecule has 0 aromatic carbocycles. The maximum absolute atomic E-state index is 9.56. The van der Waals surface area contributed by atoms with E-state index in [-0.39, 0.29) is 0 Å². The summed E-state index contributed by atoms with van der Waals surface area (Å²) in [6.07, 6.45) is 2.37. The highest BCUT2D eigenvalue weighted by Gasteiger charge is 1.88. The molecule has 0 N–H and O–H groups in total. The second-order valence-corrected chi connectivity index (χ2v) is 3.02. The van der Waals surface area contributed by atoms with Crippen LogP contribution in [0.4, 0.5) is 0 Å². The van der Waals surface area contributed by atoms with Crippen molar-refractivity contribution in [1.82, 2.24) is 0 Å². The van der Waals surface area contributed by atoms with Crippen molar-refractivity contribution >= 4 is 15.8 Å². The van der Waals surface area contributed by atoms with E-state index in [1.54, 1.807) is 0 Å². The molecule has 58 valence electrons. The third-order valence-electron chi connectivity index (χ3n) is 0.930. The van der Waals surface area contributed by atoms with Crippen LogP contribution in [0.1, 0.15) is 6.42 Å². The Bertz CT molecular complexity index is 113. The van der Waals surface area contributed by atoms with Crippen LogP contribution in [-0.4, -0.2) is 29.5 Å². The van der Waals surface area contributed by atoms with Gasteiger partial charge in [-0.15, -0.1) is 0 Å². The van der Waals surface area contributed by atoms with Crippen LogP contribution in [-0.2, 0) is 14.3 Å². The fourth-order valence-corrected chi connectivity index (χ4v) is 1.19. The Morgan fingerprint density at radius 1 is 1.70 bits per heavy atom. The second kappa shape index (κ2) is 8.52. The molecular formula is C5H11NO3Si. The summed E-state index contributed by atoms with van der Waals surface area (Å²) in [5.41, 5.74) is 0. The van der Waals surface area contributed by atoms with Crippen molar-refractivity contribution in [3.63, 3.8) is 0 Å². The number of carbonyl (C=O) groups excluding carboxylic acids is 1. The van der Waals surface area contributed by atoms with Gasteiger partial charge in [0, 0.05) is 0 Å². The van der Waals surface area contributed by atoms with Crippen molar-refractivity contribution in [2.75, 3.05) is 13.7 Å². The van der Waals surface area contributed by atoms with Crippen LogP contribution >= 0.6 is 0 Å². The third-order valence-corrected chi connectivity index (χ3v) is 2.12. The van der Waals surface area contributed by atoms with Crippen LogP contribution in [0.15, 0.2) is 4.99 Å². The average Bonchev–Trinajstić information content (AvgIpc) is 1.97. The number of rotatable bonds is 6. The summed E-state index contributed by atoms with van der Waals surface area (Å²) in [5, 5.41) is 0. The normalized spacial score (nSPS) is 10.1. The molecular weight excluding hydrogens is 150 g/mol. The number of aliphatic imine (C=N–C) groups is 1. The highest BCUT2D eigenvalue weighted by molar-refractivity contribution is 6.26. The molecule has 0 rings (SSSR count). The first-order valence-corrected chi connectivity index (χ1v) is 4.68. The van der Waals surface area contributed by atoms with Gasteiger partial charge in [0.2, 0.25) is 15.8 Å². The van der Waals surface area contributed by atoms with E-state index in [1.165, 1.54) is 13.2 Å². The molecule has 0 radical (unpaired) electrons. The van der Waals surface area contributed by atoms with Crippen LogP contribution in [0, 0.1) is 0 Å². The third kappa shape index (κ3) is 7.52. The molecule has 0 unspecified atom stereocenters. The van der Waals surface area contributed by atoms with Crippen LogP contribution in [0.25, 0.3) is 0 Å². The van der Waals surface area contributed by atoms with E-state index in [4.69, 9.17) is 4.58 Å². The molecule has 0 fully saturated rings. The van der Waals surface area contributed by atoms with Crippen molar-refractivity contribution in [3.8, 4) is 0 Å². The van der Waals surface area contributed by atoms with Crippen LogP contribution in [0.2, 0.25) is 6.04 Å². The van der Waals surface area contributed by atoms with E-state index in [0.717, 1.165) is 12.5 Å². The van der Waals surface area contributed by atoms with E-state index in [9.17, 15) is 4.79 Å². The first-order valence-electron chi connectivity index (χ1n) is 3.11. The lowest BCUT2D eigenvalue weighted by Gasteiger charge is -1.95. The number of hydrogen-bond acceptors (Lipinski definition) is 4. The van der Waals surface area contributed by atoms with E-state index >= 15 is 0 Å². The van der Waals surface area contributed by atoms with Crippen molar-refractivity contribution in [2.24, 2.45) is 4.99 Å². The fourth-order valence-electron chi connectivity index (χ4n) is 0.481. The van der Waals surface area contributed by atoms with Crippen LogP contribution < -0.4 is 0 Å². The summed E-state index contributed by atoms with van der Waals surface area (Å²) < 4.78 is 4.71. The van der Waals surface area contributed by atoms with Gasteiger partial charge in [-0.25, -0.2) is 9.79 Å². The van der Waals surface area contributed by atoms with Crippen molar-refractivity contribution in [2.45, 2.75) is 12.5 Å². The lowest BCUT2D eigenvalue weighted by Crippen LogP contribution is -1.97. The molecule has 0 saturated heterocycles. The summed E-state index contributed by atoms with van der Waals surface area (Å²) in [7, 11) is 0.968. The van der Waals surface area contributed by atoms with Gasteiger partial charge >= 0.3 is 0 Å². The Kier molecular flexibility index (Phi) is 8.11. The molecule has 0 amide bonds. The van der Waals surface area contributed by atoms with Crippen molar-refractivity contribution in [1.29, 1.82) is 0 Å². The second-order valence-electron chi connectivity index (χ2n) is 1.67. The number of nitrogens with zero attached hydrogens (tertiary/aromatic N) is 1. The molecule has 5 heteroatoms. The molecule has 0 bridgehead atoms. The summed E-state index contributed by atoms with van der Waals surface area (Å²) >= 11 is 0. The van der Waals surface area contributed by atoms with Crippen molar-refractivity contribution in [3.05, 3.63) is 0 Å². The summed E-state index contributed by atoms with van der Waals surface area (Å²) in [6, 6.07) is 0.985. The van der Waals surface area contributed by atoms with Crippen LogP contribution in [0.5, 0.6) is 0 Å². The Morgan fingerprint density at radius 2 is 2.50 bits per heavy atom. The molecule has 0 saturated carbocycles. The molecule has 0 aliphatic rings. The van der Waals surface area contributed by atoms with E-state index in [0.29, 0.717) is 6.54 Å². The highest BCUT2D eigenvalue weighted by Crippen LogP contribution is 1.88. The Balaban J connectivity index is 2.83. The summed E-state index contributed by atoms with van der Waals surface area (Å²) in [6.45, 7) is 0.559. The lowest BCUT2D eigenvalue weighted by molar-refractivity contribution is -0.179. The maximum Gasteiger partial charge on any atom is 0.234 e. The summed E-state index contributed by atoms with van der Waals surface area (Å²) in [5.74, 6) is 0. The molecule has 0 heterocycles. The monoisotopic (exact) mass is 161 g/mol. The number of isocyanates is 1. The molecule has 0 spiro atoms. The molecule has 0 aliphatic carbocycles. The zero-order valence-electron chi connectivity index (χ0n) is 6.00. The van der Waals surface area contributed by atoms with Crippen LogP contribution in [0.3, 0.4) is 0 Å². The standard InChI is InChI=1S/C5H11NO3Si/c1-8-9-10-4-2-3-6-5-7/h2-4,10H2,1H3. The van der Waals surface area contributed by atoms with Gasteiger partial charge in [0.25, 0.3) is 0 Å². The van der Waals surface area contributed by atoms with E-state index in [2.05, 4.69) is 9.88 Å². The predicted octanol–water partition coefficient (Wildman–Crippen LogP) is -0.208. The zero-order chi connectivity index (χ0) is 7.66. The Hall–Kier alpha value is -0.483. The molecule has 10 heavy (non-hydrogen) atoms. The van der Waals surface area contributed by atoms with E-state index < -0.39 is 9.76 Å². The SMILES string of the molecule is COO[SiH2]CCCN=C=O. The molecule has 4 nitrogen and oxygen atoms in total. The maximum atomic E-state index is 9.56. The van der Waals surface area contributed by atoms with Gasteiger partial charge in [-0.1, -0.05) is 0 Å². The zero-order valence-corrected chi connectivity index (χ0v) is 7.41. The van der Waals surface area contributed by atoms with Gasteiger partial charge in [-0.3, -0.25) is 9.46 Å². The summed E-state index contributed by atoms with van der Waals surface area (Å²) in [4.78, 5) is 17.3. The quantitative estimate of drug-likeness (QED) is 0.135. The molecule has 0 aromatic rings. The average molecular weight is 161 g/mol. The van der Waals surface area contributed by atoms with Crippen molar-refractivity contribution < 1.29 is 14.3 Å². The van der Waals surface area contributed by atoms with Gasteiger partial charge in [0.15, 0.2) is 0 Å². The Morgan fingerprint density at radius 3 is 3.10 bits per heavy atom.